The van der Waals surface area contributed by atoms with Gasteiger partial charge in [0.05, 0.1) is 12.2 Å². The maximum atomic E-state index is 5.44. The first-order chi connectivity index (χ1) is 7.88. The monoisotopic (exact) mass is 217 g/mol. The lowest BCUT2D eigenvalue weighted by Crippen LogP contribution is -2.01. The average molecular weight is 217 g/mol. The van der Waals surface area contributed by atoms with Gasteiger partial charge in [-0.1, -0.05) is 11.3 Å². The highest BCUT2D eigenvalue weighted by Gasteiger charge is 2.00. The Morgan fingerprint density at radius 1 is 1.38 bits per heavy atom. The molecule has 0 saturated carbocycles. The Balaban J connectivity index is 1.97. The third kappa shape index (κ3) is 2.87. The minimum atomic E-state index is 0.690. The molecule has 0 spiro atoms. The van der Waals surface area contributed by atoms with Gasteiger partial charge in [0.1, 0.15) is 0 Å². The van der Waals surface area contributed by atoms with Crippen LogP contribution in [0.25, 0.3) is 0 Å². The number of hydrogen-bond donors (Lipinski definition) is 1. The van der Waals surface area contributed by atoms with Crippen LogP contribution in [0.5, 0.6) is 0 Å². The molecule has 0 aliphatic carbocycles. The molecule has 0 saturated heterocycles. The molecule has 2 rings (SSSR count). The van der Waals surface area contributed by atoms with E-state index in [1.165, 1.54) is 0 Å². The molecule has 5 nitrogen and oxygen atoms in total. The molecule has 84 valence electrons. The van der Waals surface area contributed by atoms with E-state index in [1.807, 2.05) is 29.2 Å². The normalized spacial score (nSPS) is 10.6. The van der Waals surface area contributed by atoms with Crippen molar-refractivity contribution in [1.29, 1.82) is 0 Å². The number of hydrogen-bond acceptors (Lipinski definition) is 4. The van der Waals surface area contributed by atoms with Gasteiger partial charge >= 0.3 is 0 Å². The number of rotatable bonds is 5. The first kappa shape index (κ1) is 10.8. The van der Waals surface area contributed by atoms with E-state index in [2.05, 4.69) is 15.3 Å². The molecule has 0 bridgehead atoms. The molecule has 2 aromatic heterocycles. The average Bonchev–Trinajstić information content (AvgIpc) is 2.75. The highest BCUT2D eigenvalue weighted by molar-refractivity contribution is 5.09. The Morgan fingerprint density at radius 2 is 2.31 bits per heavy atom. The second-order valence-electron chi connectivity index (χ2n) is 3.66. The molecule has 0 radical (unpaired) electrons. The fourth-order valence-electron chi connectivity index (χ4n) is 1.49. The summed E-state index contributed by atoms with van der Waals surface area (Å²) in [5.41, 5.74) is 7.56. The molecule has 16 heavy (non-hydrogen) atoms. The maximum Gasteiger partial charge on any atom is 0.0827 e. The predicted octanol–water partition coefficient (Wildman–Crippen LogP) is 0.613. The van der Waals surface area contributed by atoms with E-state index in [4.69, 9.17) is 5.73 Å². The number of nitrogens with zero attached hydrogens (tertiary/aromatic N) is 4. The first-order valence-electron chi connectivity index (χ1n) is 5.36. The lowest BCUT2D eigenvalue weighted by atomic mass is 10.2. The van der Waals surface area contributed by atoms with E-state index in [-0.39, 0.29) is 0 Å². The van der Waals surface area contributed by atoms with Crippen molar-refractivity contribution in [3.05, 3.63) is 42.0 Å². The zero-order chi connectivity index (χ0) is 11.2. The van der Waals surface area contributed by atoms with Gasteiger partial charge in [-0.05, 0) is 31.0 Å². The molecular formula is C11H15N5. The summed E-state index contributed by atoms with van der Waals surface area (Å²) >= 11 is 0. The van der Waals surface area contributed by atoms with Crippen LogP contribution in [0, 0.1) is 0 Å². The van der Waals surface area contributed by atoms with Crippen molar-refractivity contribution in [3.8, 4) is 0 Å². The van der Waals surface area contributed by atoms with Crippen molar-refractivity contribution in [2.24, 2.45) is 5.73 Å². The molecule has 2 aromatic rings. The Kier molecular flexibility index (Phi) is 3.61. The van der Waals surface area contributed by atoms with Crippen LogP contribution in [-0.4, -0.2) is 26.5 Å². The Hall–Kier alpha value is -1.75. The van der Waals surface area contributed by atoms with Gasteiger partial charge in [0.25, 0.3) is 0 Å². The van der Waals surface area contributed by atoms with Gasteiger partial charge in [-0.3, -0.25) is 4.98 Å². The van der Waals surface area contributed by atoms with Crippen molar-refractivity contribution in [2.75, 3.05) is 6.54 Å². The summed E-state index contributed by atoms with van der Waals surface area (Å²) in [4.78, 5) is 4.06. The summed E-state index contributed by atoms with van der Waals surface area (Å²) in [6.07, 6.45) is 7.40. The summed E-state index contributed by atoms with van der Waals surface area (Å²) in [6.45, 7) is 1.40. The van der Waals surface area contributed by atoms with Crippen LogP contribution < -0.4 is 5.73 Å². The molecule has 0 fully saturated rings. The van der Waals surface area contributed by atoms with Gasteiger partial charge in [0.15, 0.2) is 0 Å². The second kappa shape index (κ2) is 5.37. The molecule has 2 N–H and O–H groups in total. The predicted molar refractivity (Wildman–Crippen MR) is 60.7 cm³/mol. The third-order valence-corrected chi connectivity index (χ3v) is 2.29. The molecule has 0 aromatic carbocycles. The molecule has 0 unspecified atom stereocenters. The second-order valence-corrected chi connectivity index (χ2v) is 3.66. The lowest BCUT2D eigenvalue weighted by molar-refractivity contribution is 0.647. The van der Waals surface area contributed by atoms with Crippen molar-refractivity contribution < 1.29 is 0 Å². The largest absolute Gasteiger partial charge is 0.330 e. The van der Waals surface area contributed by atoms with E-state index >= 15 is 0 Å². The van der Waals surface area contributed by atoms with Gasteiger partial charge in [-0.15, -0.1) is 5.10 Å². The van der Waals surface area contributed by atoms with Crippen LogP contribution in [0.3, 0.4) is 0 Å². The number of aryl methyl sites for hydroxylation is 1. The fourth-order valence-corrected chi connectivity index (χ4v) is 1.49. The highest BCUT2D eigenvalue weighted by Crippen LogP contribution is 2.01. The number of pyridine rings is 1. The topological polar surface area (TPSA) is 69.6 Å². The quantitative estimate of drug-likeness (QED) is 0.796. The van der Waals surface area contributed by atoms with Crippen LogP contribution in [0.1, 0.15) is 17.7 Å². The summed E-state index contributed by atoms with van der Waals surface area (Å²) in [5.74, 6) is 0. The van der Waals surface area contributed by atoms with Crippen LogP contribution >= 0.6 is 0 Å². The molecule has 2 heterocycles. The van der Waals surface area contributed by atoms with Crippen molar-refractivity contribution in [2.45, 2.75) is 19.4 Å². The van der Waals surface area contributed by atoms with Crippen LogP contribution in [0.15, 0.2) is 30.7 Å². The van der Waals surface area contributed by atoms with Crippen molar-refractivity contribution in [3.63, 3.8) is 0 Å². The minimum Gasteiger partial charge on any atom is -0.330 e. The fraction of sp³-hybridized carbons (Fsp3) is 0.364. The standard InChI is InChI=1S/C11H15N5/c12-5-1-4-11-9-16(15-14-11)8-10-3-2-6-13-7-10/h2-3,6-7,9H,1,4-5,8,12H2. The van der Waals surface area contributed by atoms with Crippen LogP contribution in [-0.2, 0) is 13.0 Å². The van der Waals surface area contributed by atoms with Gasteiger partial charge in [-0.2, -0.15) is 0 Å². The summed E-state index contributed by atoms with van der Waals surface area (Å²) < 4.78 is 1.82. The molecule has 0 aliphatic heterocycles. The summed E-state index contributed by atoms with van der Waals surface area (Å²) in [7, 11) is 0. The van der Waals surface area contributed by atoms with Crippen LogP contribution in [0.2, 0.25) is 0 Å². The molecule has 0 aliphatic rings. The van der Waals surface area contributed by atoms with E-state index in [0.29, 0.717) is 13.1 Å². The van der Waals surface area contributed by atoms with E-state index in [0.717, 1.165) is 24.1 Å². The molecule has 5 heteroatoms. The SMILES string of the molecule is NCCCc1cn(Cc2cccnc2)nn1. The zero-order valence-electron chi connectivity index (χ0n) is 9.08. The first-order valence-corrected chi connectivity index (χ1v) is 5.36. The third-order valence-electron chi connectivity index (χ3n) is 2.29. The van der Waals surface area contributed by atoms with Gasteiger partial charge in [-0.25, -0.2) is 4.68 Å². The lowest BCUT2D eigenvalue weighted by Gasteiger charge is -1.98. The smallest absolute Gasteiger partial charge is 0.0827 e. The zero-order valence-corrected chi connectivity index (χ0v) is 9.08. The summed E-state index contributed by atoms with van der Waals surface area (Å²) in [5, 5.41) is 8.15. The minimum absolute atomic E-state index is 0.690. The van der Waals surface area contributed by atoms with Crippen molar-refractivity contribution in [1.82, 2.24) is 20.0 Å². The summed E-state index contributed by atoms with van der Waals surface area (Å²) in [6, 6.07) is 3.94. The molecular weight excluding hydrogens is 202 g/mol. The van der Waals surface area contributed by atoms with E-state index in [1.54, 1.807) is 6.20 Å². The number of aromatic nitrogens is 4. The molecule has 0 amide bonds. The van der Waals surface area contributed by atoms with Gasteiger partial charge < -0.3 is 5.73 Å². The number of nitrogens with two attached hydrogens (primary N) is 1. The Bertz CT molecular complexity index is 423. The van der Waals surface area contributed by atoms with Gasteiger partial charge in [0.2, 0.25) is 0 Å². The van der Waals surface area contributed by atoms with E-state index < -0.39 is 0 Å². The highest BCUT2D eigenvalue weighted by atomic mass is 15.4. The van der Waals surface area contributed by atoms with Gasteiger partial charge in [0, 0.05) is 18.6 Å². The Labute approximate surface area is 94.3 Å². The maximum absolute atomic E-state index is 5.44. The Morgan fingerprint density at radius 3 is 3.06 bits per heavy atom. The molecule has 0 atom stereocenters. The van der Waals surface area contributed by atoms with E-state index in [9.17, 15) is 0 Å². The van der Waals surface area contributed by atoms with Crippen molar-refractivity contribution >= 4 is 0 Å². The van der Waals surface area contributed by atoms with Crippen LogP contribution in [0.4, 0.5) is 0 Å².